The number of ether oxygens (including phenoxy) is 1. The molecule has 0 unspecified atom stereocenters. The third-order valence-electron chi connectivity index (χ3n) is 2.67. The highest BCUT2D eigenvalue weighted by Gasteiger charge is 2.05. The maximum absolute atomic E-state index is 11.3. The number of aliphatic hydroxyl groups is 2. The van der Waals surface area contributed by atoms with Gasteiger partial charge in [0.2, 0.25) is 0 Å². The standard InChI is InChI=1S/C15H21NO4/c1-2-20-15(19)7-6-13-4-3-5-14(12-13)16(8-10-17)9-11-18/h3-7,12,17-18H,2,8-11H2,1H3/b7-6+. The third kappa shape index (κ3) is 5.42. The van der Waals surface area contributed by atoms with Crippen LogP contribution in [0, 0.1) is 0 Å². The smallest absolute Gasteiger partial charge is 0.330 e. The zero-order chi connectivity index (χ0) is 14.8. The van der Waals surface area contributed by atoms with E-state index in [2.05, 4.69) is 0 Å². The van der Waals surface area contributed by atoms with Crippen LogP contribution in [0.5, 0.6) is 0 Å². The van der Waals surface area contributed by atoms with Crippen molar-refractivity contribution in [1.82, 2.24) is 0 Å². The Bertz CT molecular complexity index is 439. The molecule has 5 nitrogen and oxygen atoms in total. The average molecular weight is 279 g/mol. The fourth-order valence-electron chi connectivity index (χ4n) is 1.79. The van der Waals surface area contributed by atoms with Crippen LogP contribution in [0.1, 0.15) is 12.5 Å². The van der Waals surface area contributed by atoms with Gasteiger partial charge in [-0.25, -0.2) is 4.79 Å². The van der Waals surface area contributed by atoms with E-state index in [9.17, 15) is 4.79 Å². The van der Waals surface area contributed by atoms with Gasteiger partial charge in [0.1, 0.15) is 0 Å². The van der Waals surface area contributed by atoms with Crippen molar-refractivity contribution in [3.8, 4) is 0 Å². The van der Waals surface area contributed by atoms with Crippen LogP contribution < -0.4 is 4.90 Å². The van der Waals surface area contributed by atoms with Gasteiger partial charge in [-0.15, -0.1) is 0 Å². The van der Waals surface area contributed by atoms with Crippen molar-refractivity contribution in [3.63, 3.8) is 0 Å². The van der Waals surface area contributed by atoms with E-state index in [1.807, 2.05) is 29.2 Å². The van der Waals surface area contributed by atoms with Crippen LogP contribution in [0.3, 0.4) is 0 Å². The van der Waals surface area contributed by atoms with E-state index in [1.54, 1.807) is 13.0 Å². The number of aliphatic hydroxyl groups excluding tert-OH is 2. The molecule has 0 aliphatic heterocycles. The fourth-order valence-corrected chi connectivity index (χ4v) is 1.79. The summed E-state index contributed by atoms with van der Waals surface area (Å²) in [5.74, 6) is -0.375. The fraction of sp³-hybridized carbons (Fsp3) is 0.400. The third-order valence-corrected chi connectivity index (χ3v) is 2.67. The molecule has 0 aliphatic rings. The Labute approximate surface area is 119 Å². The van der Waals surface area contributed by atoms with Crippen molar-refractivity contribution in [2.45, 2.75) is 6.92 Å². The van der Waals surface area contributed by atoms with Crippen LogP contribution in [0.4, 0.5) is 5.69 Å². The van der Waals surface area contributed by atoms with Crippen LogP contribution in [-0.4, -0.2) is 49.1 Å². The number of carbonyl (C=O) groups is 1. The predicted octanol–water partition coefficient (Wildman–Crippen LogP) is 1.05. The molecule has 1 rings (SSSR count). The van der Waals surface area contributed by atoms with Crippen LogP contribution >= 0.6 is 0 Å². The highest BCUT2D eigenvalue weighted by molar-refractivity contribution is 5.87. The number of anilines is 1. The Morgan fingerprint density at radius 2 is 2.00 bits per heavy atom. The lowest BCUT2D eigenvalue weighted by molar-refractivity contribution is -0.137. The largest absolute Gasteiger partial charge is 0.463 e. The Morgan fingerprint density at radius 3 is 2.60 bits per heavy atom. The molecule has 0 aromatic heterocycles. The molecule has 0 saturated heterocycles. The van der Waals surface area contributed by atoms with Gasteiger partial charge in [0.15, 0.2) is 0 Å². The second-order valence-corrected chi connectivity index (χ2v) is 4.11. The summed E-state index contributed by atoms with van der Waals surface area (Å²) in [6, 6.07) is 7.52. The number of rotatable bonds is 8. The van der Waals surface area contributed by atoms with Gasteiger partial charge in [-0.2, -0.15) is 0 Å². The van der Waals surface area contributed by atoms with Crippen molar-refractivity contribution < 1.29 is 19.7 Å². The highest BCUT2D eigenvalue weighted by atomic mass is 16.5. The Hall–Kier alpha value is -1.85. The maximum atomic E-state index is 11.3. The number of esters is 1. The first-order valence-electron chi connectivity index (χ1n) is 6.62. The minimum Gasteiger partial charge on any atom is -0.463 e. The first-order chi connectivity index (χ1) is 9.71. The monoisotopic (exact) mass is 279 g/mol. The van der Waals surface area contributed by atoms with E-state index in [0.29, 0.717) is 19.7 Å². The summed E-state index contributed by atoms with van der Waals surface area (Å²) >= 11 is 0. The van der Waals surface area contributed by atoms with Gasteiger partial charge in [-0.1, -0.05) is 12.1 Å². The molecule has 0 bridgehead atoms. The molecule has 0 radical (unpaired) electrons. The van der Waals surface area contributed by atoms with Crippen molar-refractivity contribution in [1.29, 1.82) is 0 Å². The van der Waals surface area contributed by atoms with Gasteiger partial charge >= 0.3 is 5.97 Å². The molecule has 0 atom stereocenters. The lowest BCUT2D eigenvalue weighted by Gasteiger charge is -2.23. The van der Waals surface area contributed by atoms with Crippen LogP contribution in [-0.2, 0) is 9.53 Å². The van der Waals surface area contributed by atoms with Gasteiger partial charge in [0.25, 0.3) is 0 Å². The van der Waals surface area contributed by atoms with Gasteiger partial charge in [-0.05, 0) is 30.7 Å². The SMILES string of the molecule is CCOC(=O)/C=C/c1cccc(N(CCO)CCO)c1. The molecule has 0 amide bonds. The first-order valence-corrected chi connectivity index (χ1v) is 6.62. The molecule has 0 spiro atoms. The summed E-state index contributed by atoms with van der Waals surface area (Å²) in [6.45, 7) is 3.04. The highest BCUT2D eigenvalue weighted by Crippen LogP contribution is 2.16. The normalized spacial score (nSPS) is 10.8. The zero-order valence-electron chi connectivity index (χ0n) is 11.7. The van der Waals surface area contributed by atoms with Crippen LogP contribution in [0.2, 0.25) is 0 Å². The predicted molar refractivity (Wildman–Crippen MR) is 78.5 cm³/mol. The molecule has 1 aromatic carbocycles. The number of hydrogen-bond donors (Lipinski definition) is 2. The molecular weight excluding hydrogens is 258 g/mol. The van der Waals surface area contributed by atoms with Crippen LogP contribution in [0.15, 0.2) is 30.3 Å². The number of carbonyl (C=O) groups excluding carboxylic acids is 1. The number of hydrogen-bond acceptors (Lipinski definition) is 5. The molecule has 5 heteroatoms. The number of nitrogens with zero attached hydrogens (tertiary/aromatic N) is 1. The molecule has 0 fully saturated rings. The summed E-state index contributed by atoms with van der Waals surface area (Å²) in [4.78, 5) is 13.1. The molecule has 110 valence electrons. The molecule has 1 aromatic rings. The topological polar surface area (TPSA) is 70.0 Å². The van der Waals surface area contributed by atoms with E-state index < -0.39 is 0 Å². The molecular formula is C15H21NO4. The minimum absolute atomic E-state index is 0.0168. The van der Waals surface area contributed by atoms with Crippen molar-refractivity contribution >= 4 is 17.7 Å². The molecule has 0 heterocycles. The van der Waals surface area contributed by atoms with E-state index in [-0.39, 0.29) is 19.2 Å². The van der Waals surface area contributed by atoms with E-state index in [0.717, 1.165) is 11.3 Å². The number of benzene rings is 1. The van der Waals surface area contributed by atoms with Crippen molar-refractivity contribution in [2.24, 2.45) is 0 Å². The lowest BCUT2D eigenvalue weighted by atomic mass is 10.1. The van der Waals surface area contributed by atoms with E-state index >= 15 is 0 Å². The summed E-state index contributed by atoms with van der Waals surface area (Å²) < 4.78 is 4.82. The van der Waals surface area contributed by atoms with Crippen LogP contribution in [0.25, 0.3) is 6.08 Å². The molecule has 2 N–H and O–H groups in total. The second kappa shape index (κ2) is 9.12. The zero-order valence-corrected chi connectivity index (χ0v) is 11.7. The Kier molecular flexibility index (Phi) is 7.39. The summed E-state index contributed by atoms with van der Waals surface area (Å²) in [7, 11) is 0. The van der Waals surface area contributed by atoms with Gasteiger partial charge < -0.3 is 19.8 Å². The molecule has 0 saturated carbocycles. The summed E-state index contributed by atoms with van der Waals surface area (Å²) in [5, 5.41) is 18.1. The minimum atomic E-state index is -0.375. The van der Waals surface area contributed by atoms with Crippen molar-refractivity contribution in [2.75, 3.05) is 37.8 Å². The maximum Gasteiger partial charge on any atom is 0.330 e. The molecule has 20 heavy (non-hydrogen) atoms. The lowest BCUT2D eigenvalue weighted by Crippen LogP contribution is -2.29. The quantitative estimate of drug-likeness (QED) is 0.550. The average Bonchev–Trinajstić information content (AvgIpc) is 2.45. The van der Waals surface area contributed by atoms with Crippen molar-refractivity contribution in [3.05, 3.63) is 35.9 Å². The van der Waals surface area contributed by atoms with E-state index in [4.69, 9.17) is 14.9 Å². The molecule has 0 aliphatic carbocycles. The van der Waals surface area contributed by atoms with E-state index in [1.165, 1.54) is 6.08 Å². The second-order valence-electron chi connectivity index (χ2n) is 4.11. The Balaban J connectivity index is 2.80. The Morgan fingerprint density at radius 1 is 1.30 bits per heavy atom. The van der Waals surface area contributed by atoms with Gasteiger partial charge in [0.05, 0.1) is 19.8 Å². The van der Waals surface area contributed by atoms with Gasteiger partial charge in [-0.3, -0.25) is 0 Å². The summed E-state index contributed by atoms with van der Waals surface area (Å²) in [6.07, 6.45) is 3.06. The van der Waals surface area contributed by atoms with Gasteiger partial charge in [0, 0.05) is 24.9 Å². The first kappa shape index (κ1) is 16.2. The summed E-state index contributed by atoms with van der Waals surface area (Å²) in [5.41, 5.74) is 1.75.